The number of hydrogen-bond acceptors (Lipinski definition) is 8. The summed E-state index contributed by atoms with van der Waals surface area (Å²) in [7, 11) is 0. The quantitative estimate of drug-likeness (QED) is 0.461. The van der Waals surface area contributed by atoms with Gasteiger partial charge in [0.1, 0.15) is 5.75 Å². The molecule has 0 radical (unpaired) electrons. The molecule has 0 atom stereocenters. The highest BCUT2D eigenvalue weighted by molar-refractivity contribution is 8.18. The van der Waals surface area contributed by atoms with E-state index >= 15 is 0 Å². The third kappa shape index (κ3) is 4.17. The Morgan fingerprint density at radius 3 is 2.64 bits per heavy atom. The minimum atomic E-state index is -0.795. The molecule has 1 fully saturated rings. The fraction of sp³-hybridized carbons (Fsp3) is 0. The lowest BCUT2D eigenvalue weighted by Crippen LogP contribution is -2.18. The molecule has 10 heteroatoms. The Labute approximate surface area is 149 Å². The zero-order valence-electron chi connectivity index (χ0n) is 12.3. The Morgan fingerprint density at radius 2 is 2.00 bits per heavy atom. The second-order valence-corrected chi connectivity index (χ2v) is 6.79. The Kier molecular flexibility index (Phi) is 4.72. The zero-order chi connectivity index (χ0) is 18.0. The monoisotopic (exact) mass is 375 g/mol. The van der Waals surface area contributed by atoms with E-state index in [1.165, 1.54) is 0 Å². The highest BCUT2D eigenvalue weighted by Gasteiger charge is 2.26. The van der Waals surface area contributed by atoms with Crippen molar-refractivity contribution in [1.29, 1.82) is 0 Å². The summed E-state index contributed by atoms with van der Waals surface area (Å²) >= 11 is 1.68. The van der Waals surface area contributed by atoms with Gasteiger partial charge in [0, 0.05) is 6.08 Å². The molecule has 0 saturated carbocycles. The molecule has 3 rings (SSSR count). The van der Waals surface area contributed by atoms with Gasteiger partial charge in [0.05, 0.1) is 9.81 Å². The molecule has 25 heavy (non-hydrogen) atoms. The summed E-state index contributed by atoms with van der Waals surface area (Å²) in [5.74, 6) is -1.64. The van der Waals surface area contributed by atoms with Crippen molar-refractivity contribution in [1.82, 2.24) is 5.32 Å². The number of amidine groups is 1. The molecule has 1 saturated heterocycles. The molecule has 1 aromatic carbocycles. The van der Waals surface area contributed by atoms with Crippen LogP contribution in [0, 0.1) is 0 Å². The SMILES string of the molecule is NC1=NC(=O)/C(=C/c2cccc(OC(=O)/C=C3/SC(=O)NC3=O)c2)S1. The first-order valence-corrected chi connectivity index (χ1v) is 8.39. The van der Waals surface area contributed by atoms with Gasteiger partial charge in [-0.15, -0.1) is 0 Å². The van der Waals surface area contributed by atoms with Gasteiger partial charge in [-0.25, -0.2) is 4.79 Å². The fourth-order valence-corrected chi connectivity index (χ4v) is 3.24. The van der Waals surface area contributed by atoms with Crippen LogP contribution in [0.2, 0.25) is 0 Å². The van der Waals surface area contributed by atoms with Crippen molar-refractivity contribution in [3.8, 4) is 5.75 Å². The predicted molar refractivity (Wildman–Crippen MR) is 93.5 cm³/mol. The minimum absolute atomic E-state index is 0.0335. The maximum atomic E-state index is 11.9. The first-order chi connectivity index (χ1) is 11.9. The molecule has 0 aromatic heterocycles. The molecule has 0 spiro atoms. The van der Waals surface area contributed by atoms with E-state index in [2.05, 4.69) is 4.99 Å². The standard InChI is InChI=1S/C15H9N3O5S2/c16-14-17-12(20)9(24-14)5-7-2-1-3-8(4-7)23-11(19)6-10-13(21)18-15(22)25-10/h1-6H,(H2,16,17,20)(H,18,21,22)/b9-5-,10-6+. The van der Waals surface area contributed by atoms with Crippen LogP contribution in [0.5, 0.6) is 5.75 Å². The van der Waals surface area contributed by atoms with E-state index in [-0.39, 0.29) is 15.8 Å². The Bertz CT molecular complexity index is 904. The van der Waals surface area contributed by atoms with Crippen molar-refractivity contribution >= 4 is 57.8 Å². The van der Waals surface area contributed by atoms with Crippen LogP contribution in [-0.4, -0.2) is 28.2 Å². The average Bonchev–Trinajstić information content (AvgIpc) is 3.00. The number of nitrogens with zero attached hydrogens (tertiary/aromatic N) is 1. The number of thioether (sulfide) groups is 2. The summed E-state index contributed by atoms with van der Waals surface area (Å²) in [6, 6.07) is 6.43. The topological polar surface area (TPSA) is 128 Å². The highest BCUT2D eigenvalue weighted by atomic mass is 32.2. The normalized spacial score (nSPS) is 20.2. The summed E-state index contributed by atoms with van der Waals surface area (Å²) < 4.78 is 5.12. The molecule has 3 N–H and O–H groups in total. The first kappa shape index (κ1) is 17.0. The summed E-state index contributed by atoms with van der Waals surface area (Å²) in [6.07, 6.45) is 2.52. The summed E-state index contributed by atoms with van der Waals surface area (Å²) in [4.78, 5) is 49.8. The molecule has 8 nitrogen and oxygen atoms in total. The summed E-state index contributed by atoms with van der Waals surface area (Å²) in [6.45, 7) is 0. The number of nitrogens with one attached hydrogen (secondary N) is 1. The number of nitrogens with two attached hydrogens (primary N) is 1. The second kappa shape index (κ2) is 6.95. The van der Waals surface area contributed by atoms with Crippen molar-refractivity contribution in [3.63, 3.8) is 0 Å². The number of ether oxygens (including phenoxy) is 1. The van der Waals surface area contributed by atoms with Crippen LogP contribution in [0.25, 0.3) is 6.08 Å². The van der Waals surface area contributed by atoms with Gasteiger partial charge < -0.3 is 10.5 Å². The third-order valence-electron chi connectivity index (χ3n) is 2.90. The number of hydrogen-bond donors (Lipinski definition) is 2. The van der Waals surface area contributed by atoms with E-state index in [4.69, 9.17) is 10.5 Å². The molecular weight excluding hydrogens is 366 g/mol. The van der Waals surface area contributed by atoms with Gasteiger partial charge in [-0.2, -0.15) is 4.99 Å². The number of imide groups is 1. The molecule has 1 aromatic rings. The second-order valence-electron chi connectivity index (χ2n) is 4.71. The Hall–Kier alpha value is -2.85. The number of carbonyl (C=O) groups is 4. The van der Waals surface area contributed by atoms with Gasteiger partial charge in [0.2, 0.25) is 0 Å². The zero-order valence-corrected chi connectivity index (χ0v) is 14.0. The molecule has 2 heterocycles. The van der Waals surface area contributed by atoms with E-state index < -0.39 is 23.0 Å². The highest BCUT2D eigenvalue weighted by Crippen LogP contribution is 2.27. The van der Waals surface area contributed by atoms with E-state index in [1.54, 1.807) is 30.3 Å². The predicted octanol–water partition coefficient (Wildman–Crippen LogP) is 1.39. The molecule has 126 valence electrons. The van der Waals surface area contributed by atoms with Crippen LogP contribution >= 0.6 is 23.5 Å². The maximum absolute atomic E-state index is 11.9. The molecule has 3 amide bonds. The lowest BCUT2D eigenvalue weighted by atomic mass is 10.2. The van der Waals surface area contributed by atoms with Gasteiger partial charge in [-0.1, -0.05) is 12.1 Å². The van der Waals surface area contributed by atoms with Gasteiger partial charge >= 0.3 is 5.97 Å². The van der Waals surface area contributed by atoms with Crippen LogP contribution in [0.15, 0.2) is 45.1 Å². The van der Waals surface area contributed by atoms with Gasteiger partial charge in [-0.3, -0.25) is 19.7 Å². The van der Waals surface area contributed by atoms with Gasteiger partial charge in [0.25, 0.3) is 17.1 Å². The maximum Gasteiger partial charge on any atom is 0.337 e. The van der Waals surface area contributed by atoms with E-state index in [1.807, 2.05) is 5.32 Å². The smallest absolute Gasteiger partial charge is 0.337 e. The van der Waals surface area contributed by atoms with Crippen LogP contribution < -0.4 is 15.8 Å². The van der Waals surface area contributed by atoms with Gasteiger partial charge in [0.15, 0.2) is 5.17 Å². The third-order valence-corrected chi connectivity index (χ3v) is 4.53. The van der Waals surface area contributed by atoms with Crippen molar-refractivity contribution in [3.05, 3.63) is 45.7 Å². The van der Waals surface area contributed by atoms with E-state index in [0.717, 1.165) is 17.8 Å². The van der Waals surface area contributed by atoms with Crippen molar-refractivity contribution in [2.45, 2.75) is 0 Å². The number of rotatable bonds is 3. The summed E-state index contributed by atoms with van der Waals surface area (Å²) in [5.41, 5.74) is 6.09. The van der Waals surface area contributed by atoms with E-state index in [9.17, 15) is 19.2 Å². The van der Waals surface area contributed by atoms with E-state index in [0.29, 0.717) is 22.2 Å². The lowest BCUT2D eigenvalue weighted by molar-refractivity contribution is -0.129. The van der Waals surface area contributed by atoms with Crippen molar-refractivity contribution < 1.29 is 23.9 Å². The fourth-order valence-electron chi connectivity index (χ4n) is 1.92. The lowest BCUT2D eigenvalue weighted by Gasteiger charge is -2.03. The summed E-state index contributed by atoms with van der Waals surface area (Å²) in [5, 5.41) is 1.67. The largest absolute Gasteiger partial charge is 0.423 e. The number of amides is 3. The number of aliphatic imine (C=N–C) groups is 1. The van der Waals surface area contributed by atoms with Crippen molar-refractivity contribution in [2.75, 3.05) is 0 Å². The van der Waals surface area contributed by atoms with Gasteiger partial charge in [-0.05, 0) is 47.3 Å². The van der Waals surface area contributed by atoms with Crippen LogP contribution in [0.4, 0.5) is 4.79 Å². The first-order valence-electron chi connectivity index (χ1n) is 6.75. The molecule has 0 bridgehead atoms. The number of carbonyl (C=O) groups excluding carboxylic acids is 4. The molecular formula is C15H9N3O5S2. The minimum Gasteiger partial charge on any atom is -0.423 e. The Balaban J connectivity index is 1.72. The molecule has 0 unspecified atom stereocenters. The van der Waals surface area contributed by atoms with Crippen molar-refractivity contribution in [2.24, 2.45) is 10.7 Å². The van der Waals surface area contributed by atoms with Crippen LogP contribution in [-0.2, 0) is 14.4 Å². The Morgan fingerprint density at radius 1 is 1.20 bits per heavy atom. The molecule has 2 aliphatic rings. The average molecular weight is 375 g/mol. The molecule has 0 aliphatic carbocycles. The van der Waals surface area contributed by atoms with Crippen LogP contribution in [0.1, 0.15) is 5.56 Å². The van der Waals surface area contributed by atoms with Crippen LogP contribution in [0.3, 0.4) is 0 Å². The molecule has 2 aliphatic heterocycles. The number of esters is 1. The number of benzene rings is 1.